The molecule has 0 fully saturated rings. The Morgan fingerprint density at radius 3 is 2.88 bits per heavy atom. The minimum Gasteiger partial charge on any atom is -0.339 e. The van der Waals surface area contributed by atoms with Gasteiger partial charge in [-0.25, -0.2) is 0 Å². The largest absolute Gasteiger partial charge is 0.339 e. The van der Waals surface area contributed by atoms with E-state index in [4.69, 9.17) is 4.52 Å². The fourth-order valence-corrected chi connectivity index (χ4v) is 2.16. The fourth-order valence-electron chi connectivity index (χ4n) is 1.42. The molecule has 1 aromatic heterocycles. The van der Waals surface area contributed by atoms with Crippen LogP contribution in [0, 0.1) is 5.92 Å². The molecule has 4 nitrogen and oxygen atoms in total. The maximum atomic E-state index is 11.6. The van der Waals surface area contributed by atoms with E-state index in [1.165, 1.54) is 0 Å². The molecule has 0 radical (unpaired) electrons. The first-order chi connectivity index (χ1) is 8.11. The van der Waals surface area contributed by atoms with Gasteiger partial charge in [-0.15, -0.1) is 0 Å². The highest BCUT2D eigenvalue weighted by Crippen LogP contribution is 2.11. The summed E-state index contributed by atoms with van der Waals surface area (Å²) in [5, 5.41) is 3.86. The van der Waals surface area contributed by atoms with E-state index in [0.29, 0.717) is 24.1 Å². The Labute approximate surface area is 107 Å². The average molecular weight is 256 g/mol. The molecule has 0 aliphatic rings. The fraction of sp³-hybridized carbons (Fsp3) is 0.750. The lowest BCUT2D eigenvalue weighted by molar-refractivity contribution is -0.119. The Kier molecular flexibility index (Phi) is 6.26. The number of Topliss-reactive ketones (excluding diaryl/α,β-unsaturated/α-hetero) is 1. The third kappa shape index (κ3) is 5.86. The molecule has 0 aromatic carbocycles. The van der Waals surface area contributed by atoms with Gasteiger partial charge in [0.2, 0.25) is 5.89 Å². The summed E-state index contributed by atoms with van der Waals surface area (Å²) in [6, 6.07) is 0. The first-order valence-corrected chi connectivity index (χ1v) is 7.18. The molecule has 1 rings (SSSR count). The Morgan fingerprint density at radius 2 is 2.24 bits per heavy atom. The van der Waals surface area contributed by atoms with E-state index in [9.17, 15) is 4.79 Å². The van der Waals surface area contributed by atoms with Crippen LogP contribution < -0.4 is 0 Å². The molecule has 17 heavy (non-hydrogen) atoms. The van der Waals surface area contributed by atoms with Gasteiger partial charge >= 0.3 is 0 Å². The van der Waals surface area contributed by atoms with Gasteiger partial charge in [-0.05, 0) is 18.1 Å². The molecule has 5 heteroatoms. The average Bonchev–Trinajstić information content (AvgIpc) is 2.64. The minimum atomic E-state index is 0.163. The SMILES string of the molecule is CCCSCc1noc(CC(=O)CC(C)C)n1. The Hall–Kier alpha value is -0.840. The van der Waals surface area contributed by atoms with Crippen molar-refractivity contribution in [1.82, 2.24) is 10.1 Å². The van der Waals surface area contributed by atoms with Crippen molar-refractivity contribution in [2.75, 3.05) is 5.75 Å². The quantitative estimate of drug-likeness (QED) is 0.669. The zero-order valence-corrected chi connectivity index (χ0v) is 11.5. The molecule has 0 aliphatic carbocycles. The summed E-state index contributed by atoms with van der Waals surface area (Å²) in [5.74, 6) is 3.53. The van der Waals surface area contributed by atoms with Crippen molar-refractivity contribution in [2.24, 2.45) is 5.92 Å². The van der Waals surface area contributed by atoms with Crippen molar-refractivity contribution in [2.45, 2.75) is 45.8 Å². The Balaban J connectivity index is 2.37. The molecule has 0 N–H and O–H groups in total. The van der Waals surface area contributed by atoms with Crippen molar-refractivity contribution in [3.63, 3.8) is 0 Å². The van der Waals surface area contributed by atoms with Crippen LogP contribution in [0.5, 0.6) is 0 Å². The van der Waals surface area contributed by atoms with E-state index >= 15 is 0 Å². The highest BCUT2D eigenvalue weighted by atomic mass is 32.2. The number of carbonyl (C=O) groups excluding carboxylic acids is 1. The molecule has 0 aliphatic heterocycles. The molecule has 0 unspecified atom stereocenters. The third-order valence-corrected chi connectivity index (χ3v) is 3.23. The lowest BCUT2D eigenvalue weighted by atomic mass is 10.1. The van der Waals surface area contributed by atoms with Crippen LogP contribution in [0.2, 0.25) is 0 Å². The molecular formula is C12H20N2O2S. The number of rotatable bonds is 8. The van der Waals surface area contributed by atoms with Gasteiger partial charge in [0.05, 0.1) is 12.2 Å². The van der Waals surface area contributed by atoms with Crippen LogP contribution in [0.4, 0.5) is 0 Å². The second-order valence-electron chi connectivity index (χ2n) is 4.47. The lowest BCUT2D eigenvalue weighted by Gasteiger charge is -2.00. The van der Waals surface area contributed by atoms with Gasteiger partial charge in [-0.1, -0.05) is 25.9 Å². The summed E-state index contributed by atoms with van der Waals surface area (Å²) >= 11 is 1.78. The van der Waals surface area contributed by atoms with Crippen molar-refractivity contribution < 1.29 is 9.32 Å². The summed E-state index contributed by atoms with van der Waals surface area (Å²) in [6.45, 7) is 6.19. The van der Waals surface area contributed by atoms with E-state index < -0.39 is 0 Å². The van der Waals surface area contributed by atoms with Crippen molar-refractivity contribution in [3.05, 3.63) is 11.7 Å². The molecule has 1 aromatic rings. The molecule has 0 amide bonds. The van der Waals surface area contributed by atoms with Crippen molar-refractivity contribution in [3.8, 4) is 0 Å². The highest BCUT2D eigenvalue weighted by Gasteiger charge is 2.12. The number of aromatic nitrogens is 2. The van der Waals surface area contributed by atoms with E-state index in [1.54, 1.807) is 11.8 Å². The zero-order valence-electron chi connectivity index (χ0n) is 10.7. The molecule has 0 saturated carbocycles. The highest BCUT2D eigenvalue weighted by molar-refractivity contribution is 7.98. The summed E-state index contributed by atoms with van der Waals surface area (Å²) in [7, 11) is 0. The topological polar surface area (TPSA) is 56.0 Å². The van der Waals surface area contributed by atoms with Gasteiger partial charge in [0.15, 0.2) is 5.82 Å². The summed E-state index contributed by atoms with van der Waals surface area (Å²) < 4.78 is 5.05. The summed E-state index contributed by atoms with van der Waals surface area (Å²) in [5.41, 5.74) is 0. The van der Waals surface area contributed by atoms with Crippen LogP contribution in [0.25, 0.3) is 0 Å². The second-order valence-corrected chi connectivity index (χ2v) is 5.58. The maximum Gasteiger partial charge on any atom is 0.234 e. The number of hydrogen-bond donors (Lipinski definition) is 0. The molecular weight excluding hydrogens is 236 g/mol. The Morgan fingerprint density at radius 1 is 1.47 bits per heavy atom. The van der Waals surface area contributed by atoms with Gasteiger partial charge in [0.1, 0.15) is 5.78 Å². The van der Waals surface area contributed by atoms with Gasteiger partial charge in [0, 0.05) is 6.42 Å². The molecule has 0 spiro atoms. The normalized spacial score (nSPS) is 11.1. The van der Waals surface area contributed by atoms with Crippen molar-refractivity contribution >= 4 is 17.5 Å². The van der Waals surface area contributed by atoms with E-state index in [2.05, 4.69) is 17.1 Å². The lowest BCUT2D eigenvalue weighted by Crippen LogP contribution is -2.06. The third-order valence-electron chi connectivity index (χ3n) is 2.07. The number of ketones is 1. The number of thioether (sulfide) groups is 1. The number of nitrogens with zero attached hydrogens (tertiary/aromatic N) is 2. The van der Waals surface area contributed by atoms with Gasteiger partial charge < -0.3 is 4.52 Å². The van der Waals surface area contributed by atoms with E-state index in [0.717, 1.165) is 17.9 Å². The van der Waals surface area contributed by atoms with Gasteiger partial charge in [-0.3, -0.25) is 4.79 Å². The van der Waals surface area contributed by atoms with Crippen LogP contribution in [-0.2, 0) is 17.0 Å². The smallest absolute Gasteiger partial charge is 0.234 e. The molecule has 0 bridgehead atoms. The predicted molar refractivity (Wildman–Crippen MR) is 68.9 cm³/mol. The predicted octanol–water partition coefficient (Wildman–Crippen LogP) is 2.87. The molecule has 0 atom stereocenters. The van der Waals surface area contributed by atoms with Crippen LogP contribution in [0.15, 0.2) is 4.52 Å². The zero-order chi connectivity index (χ0) is 12.7. The standard InChI is InChI=1S/C12H20N2O2S/c1-4-5-17-8-11-13-12(16-14-11)7-10(15)6-9(2)3/h9H,4-8H2,1-3H3. The van der Waals surface area contributed by atoms with Gasteiger partial charge in [-0.2, -0.15) is 16.7 Å². The number of hydrogen-bond acceptors (Lipinski definition) is 5. The first kappa shape index (κ1) is 14.2. The molecule has 1 heterocycles. The van der Waals surface area contributed by atoms with Crippen LogP contribution in [-0.4, -0.2) is 21.7 Å². The van der Waals surface area contributed by atoms with E-state index in [-0.39, 0.29) is 12.2 Å². The van der Waals surface area contributed by atoms with Crippen LogP contribution >= 0.6 is 11.8 Å². The summed E-state index contributed by atoms with van der Waals surface area (Å²) in [4.78, 5) is 15.8. The second kappa shape index (κ2) is 7.48. The van der Waals surface area contributed by atoms with Crippen LogP contribution in [0.3, 0.4) is 0 Å². The molecule has 0 saturated heterocycles. The first-order valence-electron chi connectivity index (χ1n) is 6.02. The van der Waals surface area contributed by atoms with Gasteiger partial charge in [0.25, 0.3) is 0 Å². The molecule has 96 valence electrons. The Bertz CT molecular complexity index is 350. The minimum absolute atomic E-state index is 0.163. The van der Waals surface area contributed by atoms with Crippen molar-refractivity contribution in [1.29, 1.82) is 0 Å². The monoisotopic (exact) mass is 256 g/mol. The van der Waals surface area contributed by atoms with Crippen LogP contribution in [0.1, 0.15) is 45.3 Å². The maximum absolute atomic E-state index is 11.6. The van der Waals surface area contributed by atoms with E-state index in [1.807, 2.05) is 13.8 Å². The summed E-state index contributed by atoms with van der Waals surface area (Å²) in [6.07, 6.45) is 1.98. The number of carbonyl (C=O) groups is 1.